The highest BCUT2D eigenvalue weighted by Gasteiger charge is 2.40. The SMILES string of the molecule is COc1cc(NC(=O)CCCc2ccc(-c3ccccc3)c(N(C(=O)O)[C@H]3CC[C@H](NC(=O)OCc4ccccc4)CC3)c2)c(Cl)cc1CNC[C@H](O[Si](C)(C)C(C)(C)C)c1ccc(O)c2[nH]c(=O)ccc12. The number of phenolic OH excluding ortho intramolecular Hbond substituents is 1. The summed E-state index contributed by atoms with van der Waals surface area (Å²) in [6.45, 7) is 11.8. The van der Waals surface area contributed by atoms with Crippen LogP contribution in [0.3, 0.4) is 0 Å². The highest BCUT2D eigenvalue weighted by Crippen LogP contribution is 2.42. The van der Waals surface area contributed by atoms with Gasteiger partial charge in [0.1, 0.15) is 18.1 Å². The molecule has 1 heterocycles. The van der Waals surface area contributed by atoms with Gasteiger partial charge in [-0.2, -0.15) is 0 Å². The molecule has 380 valence electrons. The van der Waals surface area contributed by atoms with Crippen LogP contribution < -0.4 is 31.1 Å². The predicted molar refractivity (Wildman–Crippen MR) is 287 cm³/mol. The summed E-state index contributed by atoms with van der Waals surface area (Å²) in [6.07, 6.45) is 1.50. The number of H-pyrrole nitrogens is 1. The van der Waals surface area contributed by atoms with E-state index in [0.29, 0.717) is 84.7 Å². The molecule has 1 aliphatic rings. The van der Waals surface area contributed by atoms with Crippen LogP contribution in [0.15, 0.2) is 120 Å². The van der Waals surface area contributed by atoms with Crippen LogP contribution in [0.25, 0.3) is 22.0 Å². The van der Waals surface area contributed by atoms with Crippen molar-refractivity contribution < 1.29 is 38.5 Å². The third kappa shape index (κ3) is 13.4. The predicted octanol–water partition coefficient (Wildman–Crippen LogP) is 12.1. The highest BCUT2D eigenvalue weighted by molar-refractivity contribution is 6.74. The van der Waals surface area contributed by atoms with Crippen LogP contribution in [0.2, 0.25) is 23.2 Å². The maximum Gasteiger partial charge on any atom is 0.412 e. The van der Waals surface area contributed by atoms with Crippen molar-refractivity contribution in [3.8, 4) is 22.6 Å². The number of aromatic nitrogens is 1. The first-order chi connectivity index (χ1) is 34.4. The number of fused-ring (bicyclic) bond motifs is 1. The number of pyridine rings is 1. The van der Waals surface area contributed by atoms with Gasteiger partial charge in [-0.1, -0.05) is 111 Å². The van der Waals surface area contributed by atoms with Gasteiger partial charge in [-0.15, -0.1) is 0 Å². The summed E-state index contributed by atoms with van der Waals surface area (Å²) in [5.41, 5.74) is 6.08. The van der Waals surface area contributed by atoms with Crippen molar-refractivity contribution in [1.29, 1.82) is 0 Å². The number of carbonyl (C=O) groups is 3. The first kappa shape index (κ1) is 53.2. The monoisotopic (exact) mass is 1020 g/mol. The molecule has 0 spiro atoms. The van der Waals surface area contributed by atoms with Crippen molar-refractivity contribution in [2.75, 3.05) is 23.9 Å². The van der Waals surface area contributed by atoms with E-state index >= 15 is 0 Å². The van der Waals surface area contributed by atoms with Crippen molar-refractivity contribution >= 4 is 60.3 Å². The summed E-state index contributed by atoms with van der Waals surface area (Å²) in [4.78, 5) is 55.7. The van der Waals surface area contributed by atoms with Crippen LogP contribution in [-0.2, 0) is 33.5 Å². The molecule has 7 rings (SSSR count). The van der Waals surface area contributed by atoms with E-state index in [1.54, 1.807) is 31.4 Å². The number of ether oxygens (including phenoxy) is 2. The van der Waals surface area contributed by atoms with Crippen molar-refractivity contribution in [3.63, 3.8) is 0 Å². The van der Waals surface area contributed by atoms with E-state index in [1.165, 1.54) is 11.0 Å². The van der Waals surface area contributed by atoms with Gasteiger partial charge >= 0.3 is 12.2 Å². The van der Waals surface area contributed by atoms with Gasteiger partial charge in [0.15, 0.2) is 8.32 Å². The number of halogens is 1. The molecule has 14 nitrogen and oxygen atoms in total. The molecular weight excluding hydrogens is 950 g/mol. The highest BCUT2D eigenvalue weighted by atomic mass is 35.5. The Morgan fingerprint density at radius 3 is 2.28 bits per heavy atom. The Bertz CT molecular complexity index is 2900. The molecule has 6 N–H and O–H groups in total. The lowest BCUT2D eigenvalue weighted by molar-refractivity contribution is -0.116. The van der Waals surface area contributed by atoms with Crippen LogP contribution in [0, 0.1) is 0 Å². The molecule has 0 aliphatic heterocycles. The number of carboxylic acid groups (broad SMARTS) is 1. The molecule has 72 heavy (non-hydrogen) atoms. The Hall–Kier alpha value is -6.65. The van der Waals surface area contributed by atoms with Crippen LogP contribution in [0.1, 0.15) is 87.7 Å². The normalized spacial score (nSPS) is 15.4. The van der Waals surface area contributed by atoms with Gasteiger partial charge in [-0.05, 0) is 103 Å². The largest absolute Gasteiger partial charge is 0.506 e. The molecule has 0 bridgehead atoms. The first-order valence-electron chi connectivity index (χ1n) is 24.5. The molecular formula is C56H66ClN5O9Si. The summed E-state index contributed by atoms with van der Waals surface area (Å²) >= 11 is 6.82. The summed E-state index contributed by atoms with van der Waals surface area (Å²) in [5.74, 6) is 0.267. The molecule has 6 aromatic rings. The minimum Gasteiger partial charge on any atom is -0.506 e. The number of anilines is 2. The fourth-order valence-electron chi connectivity index (χ4n) is 8.97. The Labute approximate surface area is 427 Å². The van der Waals surface area contributed by atoms with Gasteiger partial charge in [0.2, 0.25) is 11.5 Å². The maximum absolute atomic E-state index is 13.5. The van der Waals surface area contributed by atoms with Gasteiger partial charge in [0.25, 0.3) is 0 Å². The average Bonchev–Trinajstić information content (AvgIpc) is 3.35. The second-order valence-electron chi connectivity index (χ2n) is 19.9. The van der Waals surface area contributed by atoms with E-state index in [9.17, 15) is 29.4 Å². The molecule has 1 saturated carbocycles. The summed E-state index contributed by atoms with van der Waals surface area (Å²) in [7, 11) is -0.757. The lowest BCUT2D eigenvalue weighted by Crippen LogP contribution is -2.46. The minimum atomic E-state index is -2.32. The van der Waals surface area contributed by atoms with Crippen LogP contribution in [0.5, 0.6) is 11.5 Å². The second-order valence-corrected chi connectivity index (χ2v) is 25.1. The minimum absolute atomic E-state index is 0.0222. The number of amides is 3. The Balaban J connectivity index is 0.982. The number of hydrogen-bond donors (Lipinski definition) is 6. The number of aryl methyl sites for hydroxylation is 1. The average molecular weight is 1020 g/mol. The van der Waals surface area contributed by atoms with Crippen molar-refractivity contribution in [3.05, 3.63) is 153 Å². The number of nitrogens with one attached hydrogen (secondary N) is 4. The van der Waals surface area contributed by atoms with Crippen LogP contribution >= 0.6 is 11.6 Å². The van der Waals surface area contributed by atoms with Gasteiger partial charge < -0.3 is 45.0 Å². The van der Waals surface area contributed by atoms with Crippen molar-refractivity contribution in [2.24, 2.45) is 0 Å². The third-order valence-corrected chi connectivity index (χ3v) is 18.7. The molecule has 0 radical (unpaired) electrons. The molecule has 0 unspecified atom stereocenters. The number of methoxy groups -OCH3 is 1. The van der Waals surface area contributed by atoms with Gasteiger partial charge in [0.05, 0.1) is 35.1 Å². The molecule has 16 heteroatoms. The Morgan fingerprint density at radius 1 is 0.889 bits per heavy atom. The van der Waals surface area contributed by atoms with Crippen LogP contribution in [-0.4, -0.2) is 67.3 Å². The molecule has 1 aliphatic carbocycles. The number of aromatic amines is 1. The molecule has 3 amide bonds. The number of hydrogen-bond acceptors (Lipinski definition) is 9. The van der Waals surface area contributed by atoms with E-state index in [-0.39, 0.29) is 47.4 Å². The van der Waals surface area contributed by atoms with Crippen molar-refractivity contribution in [1.82, 2.24) is 15.6 Å². The summed E-state index contributed by atoms with van der Waals surface area (Å²) < 4.78 is 18.2. The quantitative estimate of drug-likeness (QED) is 0.0426. The fourth-order valence-corrected chi connectivity index (χ4v) is 10.5. The smallest absolute Gasteiger partial charge is 0.412 e. The topological polar surface area (TPSA) is 192 Å². The maximum atomic E-state index is 13.5. The van der Waals surface area contributed by atoms with E-state index < -0.39 is 26.6 Å². The zero-order chi connectivity index (χ0) is 51.6. The number of nitrogens with zero attached hydrogens (tertiary/aromatic N) is 1. The number of carbonyl (C=O) groups excluding carboxylic acids is 2. The molecule has 5 aromatic carbocycles. The zero-order valence-corrected chi connectivity index (χ0v) is 43.6. The second kappa shape index (κ2) is 23.7. The Kier molecular flexibility index (Phi) is 17.5. The lowest BCUT2D eigenvalue weighted by Gasteiger charge is -2.39. The number of rotatable bonds is 19. The molecule has 1 aromatic heterocycles. The van der Waals surface area contributed by atoms with Gasteiger partial charge in [-0.25, -0.2) is 9.59 Å². The summed E-state index contributed by atoms with van der Waals surface area (Å²) in [6, 6.07) is 34.6. The first-order valence-corrected chi connectivity index (χ1v) is 27.8. The lowest BCUT2D eigenvalue weighted by atomic mass is 9.89. The fraction of sp³-hybridized carbons (Fsp3) is 0.357. The van der Waals surface area contributed by atoms with Crippen LogP contribution in [0.4, 0.5) is 21.0 Å². The van der Waals surface area contributed by atoms with Gasteiger partial charge in [-0.3, -0.25) is 14.5 Å². The molecule has 1 atom stereocenters. The van der Waals surface area contributed by atoms with Crippen molar-refractivity contribution in [2.45, 2.75) is 115 Å². The van der Waals surface area contributed by atoms with E-state index in [4.69, 9.17) is 25.5 Å². The third-order valence-electron chi connectivity index (χ3n) is 13.9. The number of aromatic hydroxyl groups is 1. The number of alkyl carbamates (subject to hydrolysis) is 1. The van der Waals surface area contributed by atoms with E-state index in [0.717, 1.165) is 33.4 Å². The summed E-state index contributed by atoms with van der Waals surface area (Å²) in [5, 5.41) is 31.7. The standard InChI is InChI=1S/C56H66ClN5O9Si/c1-56(2,3)72(5,6)71-50(43-26-28-48(63)53-44(43)27-29-52(65)61-53)34-58-33-39-31-45(57)46(32-49(39)69-4)60-51(64)19-13-16-36-20-25-42(38-17-11-8-12-18-38)47(30-36)62(55(67)68)41-23-21-40(22-24-41)59-54(66)70-35-37-14-9-7-10-15-37/h7-12,14-15,17-18,20,25-32,40-41,50,58,63H,13,16,19,21-24,33-35H2,1-6H3,(H,59,66)(H,60,64)(H,61,65)(H,67,68)/t40-,41-,50-/m0/s1. The molecule has 1 fully saturated rings. The van der Waals surface area contributed by atoms with Gasteiger partial charge in [0, 0.05) is 60.2 Å². The number of phenols is 1. The zero-order valence-electron chi connectivity index (χ0n) is 41.9. The number of benzene rings is 5. The molecule has 0 saturated heterocycles. The van der Waals surface area contributed by atoms with E-state index in [1.807, 2.05) is 84.9 Å². The van der Waals surface area contributed by atoms with E-state index in [2.05, 4.69) is 54.8 Å². The Morgan fingerprint density at radius 2 is 1.60 bits per heavy atom.